The van der Waals surface area contributed by atoms with Crippen LogP contribution < -0.4 is 17.0 Å². The molecule has 0 saturated heterocycles. The summed E-state index contributed by atoms with van der Waals surface area (Å²) in [5.41, 5.74) is 6.21. The monoisotopic (exact) mass is 279 g/mol. The summed E-state index contributed by atoms with van der Waals surface area (Å²) in [6, 6.07) is -0.294. The molecule has 0 spiro atoms. The first-order valence-electron chi connectivity index (χ1n) is 6.97. The molecule has 0 aliphatic carbocycles. The number of aryl methyl sites for hydroxylation is 2. The molecule has 0 amide bonds. The van der Waals surface area contributed by atoms with Crippen molar-refractivity contribution in [2.75, 3.05) is 0 Å². The maximum absolute atomic E-state index is 12.5. The molecule has 20 heavy (non-hydrogen) atoms. The Bertz CT molecular complexity index is 751. The zero-order chi connectivity index (χ0) is 15.0. The van der Waals surface area contributed by atoms with Crippen LogP contribution in [0, 0.1) is 0 Å². The number of nitrogens with zero attached hydrogens (tertiary/aromatic N) is 4. The average Bonchev–Trinajstić information content (AvgIpc) is 2.79. The smallest absolute Gasteiger partial charge is 0.322 e. The van der Waals surface area contributed by atoms with E-state index in [0.717, 1.165) is 0 Å². The third-order valence-corrected chi connectivity index (χ3v) is 3.50. The lowest BCUT2D eigenvalue weighted by atomic mass is 10.3. The van der Waals surface area contributed by atoms with Crippen LogP contribution in [0.15, 0.2) is 9.59 Å². The predicted molar refractivity (Wildman–Crippen MR) is 77.9 cm³/mol. The van der Waals surface area contributed by atoms with Gasteiger partial charge < -0.3 is 10.3 Å². The van der Waals surface area contributed by atoms with E-state index in [1.807, 2.05) is 20.8 Å². The molecule has 2 rings (SSSR count). The van der Waals surface area contributed by atoms with Crippen LogP contribution in [-0.2, 0) is 19.6 Å². The summed E-state index contributed by atoms with van der Waals surface area (Å²) in [4.78, 5) is 29.2. The zero-order valence-electron chi connectivity index (χ0n) is 12.4. The number of hydrogen-bond acceptors (Lipinski definition) is 4. The largest absolute Gasteiger partial charge is 0.332 e. The molecule has 2 aromatic heterocycles. The lowest BCUT2D eigenvalue weighted by molar-refractivity contribution is 0.602. The summed E-state index contributed by atoms with van der Waals surface area (Å²) in [7, 11) is 0. The highest BCUT2D eigenvalue weighted by atomic mass is 16.2. The van der Waals surface area contributed by atoms with Gasteiger partial charge in [-0.1, -0.05) is 0 Å². The van der Waals surface area contributed by atoms with E-state index in [-0.39, 0.29) is 17.3 Å². The molecule has 1 unspecified atom stereocenters. The molecule has 2 heterocycles. The molecule has 110 valence electrons. The summed E-state index contributed by atoms with van der Waals surface area (Å²) in [5, 5.41) is 0. The van der Waals surface area contributed by atoms with Crippen molar-refractivity contribution in [1.82, 2.24) is 18.7 Å². The van der Waals surface area contributed by atoms with Gasteiger partial charge >= 0.3 is 5.69 Å². The molecule has 7 nitrogen and oxygen atoms in total. The Morgan fingerprint density at radius 2 is 1.60 bits per heavy atom. The minimum atomic E-state index is -0.315. The van der Waals surface area contributed by atoms with Crippen LogP contribution in [0.5, 0.6) is 0 Å². The number of imidazole rings is 1. The molecular weight excluding hydrogens is 258 g/mol. The highest BCUT2D eigenvalue weighted by Gasteiger charge is 2.21. The minimum Gasteiger partial charge on any atom is -0.322 e. The van der Waals surface area contributed by atoms with Gasteiger partial charge in [0.1, 0.15) is 5.82 Å². The highest BCUT2D eigenvalue weighted by molar-refractivity contribution is 5.71. The molecule has 2 aromatic rings. The van der Waals surface area contributed by atoms with Gasteiger partial charge in [0.2, 0.25) is 0 Å². The third kappa shape index (κ3) is 1.89. The van der Waals surface area contributed by atoms with Crippen LogP contribution in [0.4, 0.5) is 0 Å². The van der Waals surface area contributed by atoms with Gasteiger partial charge in [-0.3, -0.25) is 13.9 Å². The lowest BCUT2D eigenvalue weighted by Gasteiger charge is -2.10. The zero-order valence-corrected chi connectivity index (χ0v) is 12.4. The Kier molecular flexibility index (Phi) is 3.80. The first kappa shape index (κ1) is 14.5. The fourth-order valence-electron chi connectivity index (χ4n) is 2.54. The maximum atomic E-state index is 12.5. The second-order valence-corrected chi connectivity index (χ2v) is 4.75. The Hall–Kier alpha value is -1.89. The van der Waals surface area contributed by atoms with Gasteiger partial charge in [0.15, 0.2) is 11.2 Å². The van der Waals surface area contributed by atoms with Crippen LogP contribution >= 0.6 is 0 Å². The molecule has 2 N–H and O–H groups in total. The van der Waals surface area contributed by atoms with Gasteiger partial charge in [0.25, 0.3) is 5.56 Å². The van der Waals surface area contributed by atoms with Crippen molar-refractivity contribution in [3.05, 3.63) is 26.7 Å². The maximum Gasteiger partial charge on any atom is 0.332 e. The number of aromatic nitrogens is 4. The van der Waals surface area contributed by atoms with Gasteiger partial charge in [0.05, 0.1) is 6.04 Å². The molecule has 0 aliphatic rings. The van der Waals surface area contributed by atoms with Crippen LogP contribution in [0.2, 0.25) is 0 Å². The Labute approximate surface area is 116 Å². The highest BCUT2D eigenvalue weighted by Crippen LogP contribution is 2.16. The normalized spacial score (nSPS) is 13.1. The quantitative estimate of drug-likeness (QED) is 0.879. The van der Waals surface area contributed by atoms with E-state index >= 15 is 0 Å². The topological polar surface area (TPSA) is 87.8 Å². The third-order valence-electron chi connectivity index (χ3n) is 3.50. The van der Waals surface area contributed by atoms with E-state index in [2.05, 4.69) is 4.98 Å². The predicted octanol–water partition coefficient (Wildman–Crippen LogP) is 0.439. The molecular formula is C13H21N5O2. The second kappa shape index (κ2) is 5.24. The van der Waals surface area contributed by atoms with Crippen molar-refractivity contribution in [2.45, 2.75) is 53.4 Å². The van der Waals surface area contributed by atoms with E-state index in [4.69, 9.17) is 5.73 Å². The summed E-state index contributed by atoms with van der Waals surface area (Å²) in [6.07, 6.45) is 0. The molecule has 1 atom stereocenters. The van der Waals surface area contributed by atoms with E-state index in [1.54, 1.807) is 11.5 Å². The van der Waals surface area contributed by atoms with Crippen molar-refractivity contribution < 1.29 is 0 Å². The van der Waals surface area contributed by atoms with Crippen molar-refractivity contribution in [3.63, 3.8) is 0 Å². The molecule has 0 fully saturated rings. The molecule has 0 saturated carbocycles. The van der Waals surface area contributed by atoms with Gasteiger partial charge in [-0.25, -0.2) is 9.78 Å². The van der Waals surface area contributed by atoms with Crippen LogP contribution in [-0.4, -0.2) is 18.7 Å². The van der Waals surface area contributed by atoms with Gasteiger partial charge in [-0.15, -0.1) is 0 Å². The van der Waals surface area contributed by atoms with E-state index in [1.165, 1.54) is 9.13 Å². The Balaban J connectivity index is 3.07. The fourth-order valence-corrected chi connectivity index (χ4v) is 2.54. The van der Waals surface area contributed by atoms with Crippen LogP contribution in [0.25, 0.3) is 11.2 Å². The summed E-state index contributed by atoms with van der Waals surface area (Å²) >= 11 is 0. The van der Waals surface area contributed by atoms with E-state index in [0.29, 0.717) is 36.6 Å². The first-order chi connectivity index (χ1) is 9.47. The van der Waals surface area contributed by atoms with Crippen molar-refractivity contribution >= 4 is 11.2 Å². The van der Waals surface area contributed by atoms with Crippen molar-refractivity contribution in [3.8, 4) is 0 Å². The fraction of sp³-hybridized carbons (Fsp3) is 0.615. The van der Waals surface area contributed by atoms with Gasteiger partial charge in [-0.05, 0) is 27.7 Å². The first-order valence-corrected chi connectivity index (χ1v) is 6.97. The van der Waals surface area contributed by atoms with Gasteiger partial charge in [0, 0.05) is 19.6 Å². The molecule has 0 bridgehead atoms. The summed E-state index contributed by atoms with van der Waals surface area (Å²) < 4.78 is 4.57. The number of fused-ring (bicyclic) bond motifs is 1. The molecule has 0 aliphatic heterocycles. The van der Waals surface area contributed by atoms with Gasteiger partial charge in [-0.2, -0.15) is 0 Å². The number of rotatable bonds is 4. The summed E-state index contributed by atoms with van der Waals surface area (Å²) in [6.45, 7) is 8.80. The van der Waals surface area contributed by atoms with Crippen LogP contribution in [0.3, 0.4) is 0 Å². The second-order valence-electron chi connectivity index (χ2n) is 4.75. The lowest BCUT2D eigenvalue weighted by Crippen LogP contribution is -2.40. The van der Waals surface area contributed by atoms with E-state index in [9.17, 15) is 9.59 Å². The van der Waals surface area contributed by atoms with E-state index < -0.39 is 0 Å². The number of hydrogen-bond donors (Lipinski definition) is 1. The van der Waals surface area contributed by atoms with Crippen molar-refractivity contribution in [1.29, 1.82) is 0 Å². The Morgan fingerprint density at radius 1 is 1.05 bits per heavy atom. The number of nitrogens with two attached hydrogens (primary N) is 1. The molecule has 0 aromatic carbocycles. The summed E-state index contributed by atoms with van der Waals surface area (Å²) in [5.74, 6) is 0.634. The minimum absolute atomic E-state index is 0.293. The molecule has 0 radical (unpaired) electrons. The standard InChI is InChI=1S/C13H21N5O2/c1-5-16-9-11(15-10(16)8(4)14)17(6-2)13(20)18(7-3)12(9)19/h8H,5-7,14H2,1-4H3. The van der Waals surface area contributed by atoms with Crippen molar-refractivity contribution in [2.24, 2.45) is 5.73 Å². The molecule has 7 heteroatoms. The Morgan fingerprint density at radius 3 is 2.05 bits per heavy atom. The average molecular weight is 279 g/mol. The SMILES string of the molecule is CCn1c(=O)c2c(nc(C(C)N)n2CC)n(CC)c1=O. The van der Waals surface area contributed by atoms with Crippen LogP contribution in [0.1, 0.15) is 39.6 Å².